The molecule has 0 bridgehead atoms. The second-order valence-electron chi connectivity index (χ2n) is 2.94. The van der Waals surface area contributed by atoms with Crippen molar-refractivity contribution in [3.05, 3.63) is 23.8 Å². The first-order valence-corrected chi connectivity index (χ1v) is 6.06. The third-order valence-electron chi connectivity index (χ3n) is 1.85. The summed E-state index contributed by atoms with van der Waals surface area (Å²) in [5.41, 5.74) is -6.24. The van der Waals surface area contributed by atoms with Crippen molar-refractivity contribution in [2.45, 2.75) is 10.4 Å². The van der Waals surface area contributed by atoms with Gasteiger partial charge < -0.3 is 0 Å². The van der Waals surface area contributed by atoms with Crippen molar-refractivity contribution < 1.29 is 21.6 Å². The topological polar surface area (TPSA) is 70.3 Å². The molecule has 0 N–H and O–H groups in total. The number of nitriles is 1. The summed E-state index contributed by atoms with van der Waals surface area (Å²) in [5, 5.41) is 10.5. The van der Waals surface area contributed by atoms with E-state index in [1.165, 1.54) is 6.07 Å². The monoisotopic (exact) mass is 292 g/mol. The van der Waals surface area contributed by atoms with Gasteiger partial charge in [-0.3, -0.25) is 0 Å². The fraction of sp³-hybridized carbons (Fsp3) is 0.111. The zero-order valence-electron chi connectivity index (χ0n) is 8.39. The lowest BCUT2D eigenvalue weighted by atomic mass is 10.2. The zero-order valence-corrected chi connectivity index (χ0v) is 10.0. The van der Waals surface area contributed by atoms with Gasteiger partial charge in [-0.2, -0.15) is 23.4 Å². The summed E-state index contributed by atoms with van der Waals surface area (Å²) in [4.78, 5) is 2.21. The molecular formula is C9H3F3N2O2S2. The smallest absolute Gasteiger partial charge is 0.214 e. The van der Waals surface area contributed by atoms with E-state index < -0.39 is 25.8 Å². The second kappa shape index (κ2) is 4.86. The molecule has 0 spiro atoms. The molecule has 9 heteroatoms. The van der Waals surface area contributed by atoms with Crippen molar-refractivity contribution >= 4 is 32.9 Å². The van der Waals surface area contributed by atoms with E-state index >= 15 is 0 Å². The molecule has 0 aliphatic rings. The number of benzene rings is 1. The Morgan fingerprint density at radius 1 is 1.33 bits per heavy atom. The Morgan fingerprint density at radius 2 is 1.94 bits per heavy atom. The Hall–Kier alpha value is -1.75. The highest BCUT2D eigenvalue weighted by Gasteiger charge is 2.48. The predicted molar refractivity (Wildman–Crippen MR) is 59.1 cm³/mol. The number of halogens is 3. The van der Waals surface area contributed by atoms with E-state index in [9.17, 15) is 21.6 Å². The van der Waals surface area contributed by atoms with Crippen molar-refractivity contribution in [1.82, 2.24) is 0 Å². The Balaban J connectivity index is 3.63. The van der Waals surface area contributed by atoms with Gasteiger partial charge in [-0.1, -0.05) is 0 Å². The Morgan fingerprint density at radius 3 is 2.39 bits per heavy atom. The summed E-state index contributed by atoms with van der Waals surface area (Å²) in [6.45, 7) is 0. The first-order chi connectivity index (χ1) is 8.24. The molecule has 0 fully saturated rings. The Kier molecular flexibility index (Phi) is 3.86. The maximum absolute atomic E-state index is 12.4. The van der Waals surface area contributed by atoms with Crippen LogP contribution in [-0.2, 0) is 9.84 Å². The van der Waals surface area contributed by atoms with Crippen LogP contribution in [0.25, 0.3) is 0 Å². The number of sulfone groups is 1. The Bertz CT molecular complexity index is 668. The molecule has 0 heterocycles. The lowest BCUT2D eigenvalue weighted by Crippen LogP contribution is -2.24. The summed E-state index contributed by atoms with van der Waals surface area (Å²) >= 11 is 4.25. The first-order valence-electron chi connectivity index (χ1n) is 4.17. The molecule has 0 saturated heterocycles. The largest absolute Gasteiger partial charge is 0.501 e. The van der Waals surface area contributed by atoms with Gasteiger partial charge in [-0.25, -0.2) is 8.42 Å². The number of nitrogens with zero attached hydrogens (tertiary/aromatic N) is 2. The molecule has 0 saturated carbocycles. The molecule has 1 aromatic carbocycles. The van der Waals surface area contributed by atoms with Crippen LogP contribution in [0.2, 0.25) is 0 Å². The van der Waals surface area contributed by atoms with Gasteiger partial charge >= 0.3 is 5.51 Å². The van der Waals surface area contributed by atoms with E-state index in [2.05, 4.69) is 17.2 Å². The van der Waals surface area contributed by atoms with Crippen LogP contribution in [0, 0.1) is 11.3 Å². The predicted octanol–water partition coefficient (Wildman–Crippen LogP) is 2.59. The number of aliphatic imine (C=N–C) groups is 1. The average Bonchev–Trinajstić information content (AvgIpc) is 2.28. The highest BCUT2D eigenvalue weighted by Crippen LogP contribution is 2.33. The van der Waals surface area contributed by atoms with E-state index in [1.54, 1.807) is 0 Å². The van der Waals surface area contributed by atoms with E-state index in [1.807, 2.05) is 5.16 Å². The minimum atomic E-state index is -5.60. The number of rotatable bonds is 2. The molecule has 0 atom stereocenters. The molecule has 0 unspecified atom stereocenters. The molecule has 94 valence electrons. The van der Waals surface area contributed by atoms with Crippen molar-refractivity contribution in [2.24, 2.45) is 4.99 Å². The maximum Gasteiger partial charge on any atom is 0.501 e. The highest BCUT2D eigenvalue weighted by atomic mass is 32.2. The maximum atomic E-state index is 12.4. The van der Waals surface area contributed by atoms with Crippen LogP contribution in [-0.4, -0.2) is 19.1 Å². The molecule has 0 radical (unpaired) electrons. The summed E-state index contributed by atoms with van der Waals surface area (Å²) in [7, 11) is -5.60. The third-order valence-corrected chi connectivity index (χ3v) is 3.47. The number of isothiocyanates is 1. The average molecular weight is 292 g/mol. The van der Waals surface area contributed by atoms with Gasteiger partial charge in [0.1, 0.15) is 6.07 Å². The summed E-state index contributed by atoms with van der Waals surface area (Å²) in [6, 6.07) is 4.08. The van der Waals surface area contributed by atoms with E-state index in [0.29, 0.717) is 6.07 Å². The van der Waals surface area contributed by atoms with Crippen LogP contribution in [0.5, 0.6) is 0 Å². The van der Waals surface area contributed by atoms with Crippen molar-refractivity contribution in [3.63, 3.8) is 0 Å². The summed E-state index contributed by atoms with van der Waals surface area (Å²) in [5.74, 6) is 0. The number of hydrogen-bond acceptors (Lipinski definition) is 5. The van der Waals surface area contributed by atoms with Gasteiger partial charge in [-0.05, 0) is 30.4 Å². The van der Waals surface area contributed by atoms with Gasteiger partial charge in [0.25, 0.3) is 9.84 Å². The van der Waals surface area contributed by atoms with Crippen molar-refractivity contribution in [3.8, 4) is 6.07 Å². The molecule has 0 amide bonds. The normalized spacial score (nSPS) is 11.4. The van der Waals surface area contributed by atoms with Gasteiger partial charge in [-0.15, -0.1) is 0 Å². The van der Waals surface area contributed by atoms with Crippen LogP contribution >= 0.6 is 12.2 Å². The molecule has 18 heavy (non-hydrogen) atoms. The molecule has 1 rings (SSSR count). The van der Waals surface area contributed by atoms with Crippen LogP contribution < -0.4 is 0 Å². The SMILES string of the molecule is N#Cc1ccc(N=C=S)cc1S(=O)(=O)C(F)(F)F. The number of thiocarbonyl (C=S) groups is 1. The molecule has 1 aromatic rings. The lowest BCUT2D eigenvalue weighted by molar-refractivity contribution is -0.0436. The molecule has 0 aliphatic heterocycles. The number of alkyl halides is 3. The van der Waals surface area contributed by atoms with Gasteiger partial charge in [0.15, 0.2) is 0 Å². The summed E-state index contributed by atoms with van der Waals surface area (Å²) < 4.78 is 59.6. The van der Waals surface area contributed by atoms with Crippen LogP contribution in [0.15, 0.2) is 28.1 Å². The highest BCUT2D eigenvalue weighted by molar-refractivity contribution is 7.92. The van der Waals surface area contributed by atoms with Gasteiger partial charge in [0.2, 0.25) is 0 Å². The minimum Gasteiger partial charge on any atom is -0.214 e. The molecular weight excluding hydrogens is 289 g/mol. The lowest BCUT2D eigenvalue weighted by Gasteiger charge is -2.09. The zero-order chi connectivity index (χ0) is 14.0. The van der Waals surface area contributed by atoms with Crippen molar-refractivity contribution in [1.29, 1.82) is 5.26 Å². The standard InChI is InChI=1S/C9H3F3N2O2S2/c10-9(11,12)18(15,16)8-3-7(14-5-17)2-1-6(8)4-13/h1-3H. The quantitative estimate of drug-likeness (QED) is 0.620. The first kappa shape index (κ1) is 14.3. The number of hydrogen-bond donors (Lipinski definition) is 0. The fourth-order valence-electron chi connectivity index (χ4n) is 1.07. The van der Waals surface area contributed by atoms with E-state index in [4.69, 9.17) is 5.26 Å². The van der Waals surface area contributed by atoms with E-state index in [-0.39, 0.29) is 5.69 Å². The van der Waals surface area contributed by atoms with E-state index in [0.717, 1.165) is 12.1 Å². The van der Waals surface area contributed by atoms with Crippen molar-refractivity contribution in [2.75, 3.05) is 0 Å². The van der Waals surface area contributed by atoms with Crippen LogP contribution in [0.4, 0.5) is 18.9 Å². The van der Waals surface area contributed by atoms with Gasteiger partial charge in [0.05, 0.1) is 21.3 Å². The van der Waals surface area contributed by atoms with Crippen LogP contribution in [0.3, 0.4) is 0 Å². The molecule has 4 nitrogen and oxygen atoms in total. The summed E-state index contributed by atoms with van der Waals surface area (Å²) in [6.07, 6.45) is 0. The Labute approximate surface area is 105 Å². The van der Waals surface area contributed by atoms with Crippen LogP contribution in [0.1, 0.15) is 5.56 Å². The molecule has 0 aromatic heterocycles. The second-order valence-corrected chi connectivity index (χ2v) is 5.04. The fourth-order valence-corrected chi connectivity index (χ4v) is 2.11. The third kappa shape index (κ3) is 2.56. The van der Waals surface area contributed by atoms with Gasteiger partial charge in [0, 0.05) is 0 Å². The minimum absolute atomic E-state index is 0.133. The molecule has 0 aliphatic carbocycles.